The summed E-state index contributed by atoms with van der Waals surface area (Å²) in [5.41, 5.74) is 0. The molecule has 2 unspecified atom stereocenters. The number of hydrogen-bond acceptors (Lipinski definition) is 13. The third kappa shape index (κ3) is 31.1. The Kier molecular flexibility index (Phi) is 32.0. The summed E-state index contributed by atoms with van der Waals surface area (Å²) in [5, 5.41) is 41.1. The van der Waals surface area contributed by atoms with E-state index in [2.05, 4.69) is 29.8 Å². The number of allylic oxidation sites excluding steroid dienone is 2. The van der Waals surface area contributed by atoms with E-state index in [1.165, 1.54) is 44.9 Å². The minimum Gasteiger partial charge on any atom is -0.462 e. The first-order valence-corrected chi connectivity index (χ1v) is 25.7. The zero-order valence-corrected chi connectivity index (χ0v) is 38.8. The highest BCUT2D eigenvalue weighted by Gasteiger charge is 2.39. The van der Waals surface area contributed by atoms with Crippen LogP contribution in [0.2, 0.25) is 0 Å². The molecule has 358 valence electrons. The van der Waals surface area contributed by atoms with Crippen molar-refractivity contribution in [3.63, 3.8) is 0 Å². The average Bonchev–Trinajstić information content (AvgIpc) is 3.48. The number of hydrogen-bond donors (Lipinski definition) is 7. The molecule has 7 N–H and O–H groups in total. The highest BCUT2D eigenvalue weighted by molar-refractivity contribution is 7.47. The van der Waals surface area contributed by atoms with Crippen LogP contribution < -0.4 is 0 Å². The van der Waals surface area contributed by atoms with Gasteiger partial charge in [-0.05, 0) is 43.9 Å². The van der Waals surface area contributed by atoms with Crippen molar-refractivity contribution in [2.24, 2.45) is 17.8 Å². The van der Waals surface area contributed by atoms with E-state index in [1.807, 2.05) is 18.2 Å². The van der Waals surface area contributed by atoms with E-state index < -0.39 is 84.5 Å². The highest BCUT2D eigenvalue weighted by Crippen LogP contribution is 2.44. The van der Waals surface area contributed by atoms with Crippen LogP contribution in [-0.2, 0) is 41.8 Å². The molecule has 1 aliphatic rings. The van der Waals surface area contributed by atoms with Crippen LogP contribution in [-0.4, -0.2) is 104 Å². The molecule has 9 atom stereocenters. The maximum Gasteiger partial charge on any atom is 0.472 e. The quantitative estimate of drug-likeness (QED) is 0.0135. The zero-order valence-electron chi connectivity index (χ0n) is 37.0. The number of carbonyl (C=O) groups is 2. The summed E-state index contributed by atoms with van der Waals surface area (Å²) >= 11 is 0. The van der Waals surface area contributed by atoms with Crippen molar-refractivity contribution < 1.29 is 76.9 Å². The lowest BCUT2D eigenvalue weighted by atomic mass is 9.89. The molecule has 0 aromatic carbocycles. The number of phosphoric acid groups is 2. The molecule has 18 heteroatoms. The van der Waals surface area contributed by atoms with E-state index >= 15 is 0 Å². The first kappa shape index (κ1) is 57.5. The lowest BCUT2D eigenvalue weighted by Gasteiger charge is -2.20. The maximum absolute atomic E-state index is 12.7. The van der Waals surface area contributed by atoms with Crippen LogP contribution in [0.15, 0.2) is 24.3 Å². The molecule has 0 spiro atoms. The number of aliphatic hydroxyl groups is 4. The standard InChI is InChI=1S/C43H80O16P2/c1-4-6-17-23-35(44)27-28-39-38(40(46)29-41(39)47)24-19-15-16-20-25-42(48)55-32-37(33-58-61(53,54)57-31-36(45)30-56-60(50,51)52)59-43(49)26-21-14-12-10-8-7-9-11-13-18-22-34(3)5-2/h15,19,27-28,34-41,44-47H,4-14,16-18,20-26,29-33H2,1-3H3,(H,53,54)(H2,50,51,52)/b19-15+,28-27+/t34?,35-,36-,37+,38+,39+,40-,41+/m0/s1. The summed E-state index contributed by atoms with van der Waals surface area (Å²) in [6, 6.07) is 0. The summed E-state index contributed by atoms with van der Waals surface area (Å²) in [6.07, 6.45) is 21.3. The molecule has 1 fully saturated rings. The van der Waals surface area contributed by atoms with Crippen molar-refractivity contribution in [3.8, 4) is 0 Å². The molecular formula is C43H80O16P2. The Morgan fingerprint density at radius 1 is 0.705 bits per heavy atom. The number of aliphatic hydroxyl groups excluding tert-OH is 4. The summed E-state index contributed by atoms with van der Waals surface area (Å²) in [6.45, 7) is 3.71. The molecule has 1 saturated carbocycles. The predicted molar refractivity (Wildman–Crippen MR) is 232 cm³/mol. The predicted octanol–water partition coefficient (Wildman–Crippen LogP) is 7.74. The van der Waals surface area contributed by atoms with Gasteiger partial charge in [-0.15, -0.1) is 0 Å². The maximum atomic E-state index is 12.7. The van der Waals surface area contributed by atoms with E-state index in [9.17, 15) is 44.0 Å². The second-order valence-corrected chi connectivity index (χ2v) is 19.2. The Labute approximate surface area is 364 Å². The molecule has 0 aromatic rings. The zero-order chi connectivity index (χ0) is 45.5. The van der Waals surface area contributed by atoms with Gasteiger partial charge in [0.25, 0.3) is 0 Å². The molecule has 0 saturated heterocycles. The fourth-order valence-electron chi connectivity index (χ4n) is 7.02. The molecule has 0 amide bonds. The summed E-state index contributed by atoms with van der Waals surface area (Å²) in [7, 11) is -9.76. The van der Waals surface area contributed by atoms with E-state index in [0.717, 1.165) is 50.9 Å². The van der Waals surface area contributed by atoms with Crippen molar-refractivity contribution in [1.82, 2.24) is 0 Å². The Bertz CT molecular complexity index is 1310. The van der Waals surface area contributed by atoms with E-state index in [-0.39, 0.29) is 31.1 Å². The van der Waals surface area contributed by atoms with Gasteiger partial charge in [0.2, 0.25) is 0 Å². The molecule has 1 aliphatic carbocycles. The van der Waals surface area contributed by atoms with Crippen LogP contribution in [0, 0.1) is 17.8 Å². The number of rotatable bonds is 38. The van der Waals surface area contributed by atoms with Crippen LogP contribution in [0.25, 0.3) is 0 Å². The van der Waals surface area contributed by atoms with E-state index in [0.29, 0.717) is 32.1 Å². The first-order chi connectivity index (χ1) is 29.0. The molecule has 1 rings (SSSR count). The Balaban J connectivity index is 2.56. The largest absolute Gasteiger partial charge is 0.472 e. The fourth-order valence-corrected chi connectivity index (χ4v) is 8.18. The van der Waals surface area contributed by atoms with Crippen LogP contribution in [0.4, 0.5) is 0 Å². The molecule has 61 heavy (non-hydrogen) atoms. The molecular weight excluding hydrogens is 834 g/mol. The summed E-state index contributed by atoms with van der Waals surface area (Å²) in [5.74, 6) is -0.900. The number of carbonyl (C=O) groups excluding carboxylic acids is 2. The third-order valence-corrected chi connectivity index (χ3v) is 12.4. The van der Waals surface area contributed by atoms with Gasteiger partial charge in [0, 0.05) is 25.2 Å². The van der Waals surface area contributed by atoms with Gasteiger partial charge in [-0.2, -0.15) is 0 Å². The van der Waals surface area contributed by atoms with Gasteiger partial charge in [0.1, 0.15) is 12.7 Å². The number of ether oxygens (including phenoxy) is 2. The van der Waals surface area contributed by atoms with Crippen molar-refractivity contribution >= 4 is 27.6 Å². The Morgan fingerprint density at radius 2 is 1.30 bits per heavy atom. The van der Waals surface area contributed by atoms with Gasteiger partial charge in [-0.25, -0.2) is 9.13 Å². The topological polar surface area (TPSA) is 256 Å². The van der Waals surface area contributed by atoms with Crippen molar-refractivity contribution in [1.29, 1.82) is 0 Å². The molecule has 0 aromatic heterocycles. The van der Waals surface area contributed by atoms with Gasteiger partial charge in [0.05, 0.1) is 38.1 Å². The second-order valence-electron chi connectivity index (χ2n) is 16.5. The number of phosphoric ester groups is 2. The monoisotopic (exact) mass is 914 g/mol. The average molecular weight is 915 g/mol. The van der Waals surface area contributed by atoms with Crippen molar-refractivity contribution in [2.75, 3.05) is 26.4 Å². The van der Waals surface area contributed by atoms with E-state index in [1.54, 1.807) is 6.08 Å². The van der Waals surface area contributed by atoms with E-state index in [4.69, 9.17) is 23.8 Å². The van der Waals surface area contributed by atoms with Crippen molar-refractivity contribution in [2.45, 2.75) is 193 Å². The van der Waals surface area contributed by atoms with Crippen LogP contribution in [0.1, 0.15) is 162 Å². The summed E-state index contributed by atoms with van der Waals surface area (Å²) in [4.78, 5) is 52.9. The lowest BCUT2D eigenvalue weighted by molar-refractivity contribution is -0.161. The van der Waals surface area contributed by atoms with Crippen LogP contribution >= 0.6 is 15.6 Å². The molecule has 0 heterocycles. The fraction of sp³-hybridized carbons (Fsp3) is 0.860. The lowest BCUT2D eigenvalue weighted by Crippen LogP contribution is -2.30. The molecule has 0 bridgehead atoms. The van der Waals surface area contributed by atoms with Crippen LogP contribution in [0.5, 0.6) is 0 Å². The number of esters is 2. The van der Waals surface area contributed by atoms with Gasteiger partial charge in [0.15, 0.2) is 6.10 Å². The third-order valence-electron chi connectivity index (χ3n) is 10.9. The number of unbranched alkanes of at least 4 members (excludes halogenated alkanes) is 12. The van der Waals surface area contributed by atoms with Crippen LogP contribution in [0.3, 0.4) is 0 Å². The normalized spacial score (nSPS) is 21.4. The minimum atomic E-state index is -4.89. The van der Waals surface area contributed by atoms with Crippen molar-refractivity contribution in [3.05, 3.63) is 24.3 Å². The molecule has 16 nitrogen and oxygen atoms in total. The van der Waals surface area contributed by atoms with Gasteiger partial charge < -0.3 is 44.6 Å². The second kappa shape index (κ2) is 33.9. The smallest absolute Gasteiger partial charge is 0.462 e. The van der Waals surface area contributed by atoms with Gasteiger partial charge >= 0.3 is 27.6 Å². The minimum absolute atomic E-state index is 0.0202. The van der Waals surface area contributed by atoms with Gasteiger partial charge in [-0.1, -0.05) is 135 Å². The molecule has 0 aliphatic heterocycles. The molecule has 0 radical (unpaired) electrons. The SMILES string of the molecule is CCCCC[C@H](O)/C=C/[C@@H]1[C@@H](C/C=C/CCCC(=O)OC[C@H](COP(=O)(O)OC[C@@H](O)COP(=O)(O)O)OC(=O)CCCCCCCCCCCCC(C)CC)[C@@H](O)C[C@H]1O. The first-order valence-electron chi connectivity index (χ1n) is 22.7. The Morgan fingerprint density at radius 3 is 1.93 bits per heavy atom. The highest BCUT2D eigenvalue weighted by atomic mass is 31.2. The van der Waals surface area contributed by atoms with Gasteiger partial charge in [-0.3, -0.25) is 23.2 Å². The summed E-state index contributed by atoms with van der Waals surface area (Å²) < 4.78 is 47.8. The Hall–Kier alpha value is -1.52.